The Bertz CT molecular complexity index is 433. The van der Waals surface area contributed by atoms with Crippen LogP contribution in [-0.2, 0) is 9.53 Å². The SMILES string of the molecule is CCO[C@H]1[C@@H](O)[C@H](CCC#CC[Si](C)(C)C)C(=O)N1C(C)C. The summed E-state index contributed by atoms with van der Waals surface area (Å²) in [6.07, 6.45) is -0.0140. The number of nitrogens with zero attached hydrogens (tertiary/aromatic N) is 1. The van der Waals surface area contributed by atoms with Gasteiger partial charge in [0, 0.05) is 25.1 Å². The maximum absolute atomic E-state index is 12.5. The molecule has 5 heteroatoms. The molecular weight excluding hydrogens is 294 g/mol. The van der Waals surface area contributed by atoms with E-state index in [1.807, 2.05) is 20.8 Å². The molecule has 1 saturated heterocycles. The molecule has 22 heavy (non-hydrogen) atoms. The number of rotatable bonds is 6. The summed E-state index contributed by atoms with van der Waals surface area (Å²) in [4.78, 5) is 14.2. The monoisotopic (exact) mass is 325 g/mol. The van der Waals surface area contributed by atoms with Gasteiger partial charge in [0.1, 0.15) is 6.10 Å². The molecule has 4 nitrogen and oxygen atoms in total. The number of aliphatic hydroxyl groups is 1. The van der Waals surface area contributed by atoms with Gasteiger partial charge in [0.15, 0.2) is 6.23 Å². The lowest BCUT2D eigenvalue weighted by atomic mass is 9.99. The molecule has 0 aromatic heterocycles. The summed E-state index contributed by atoms with van der Waals surface area (Å²) in [6, 6.07) is 1.01. The van der Waals surface area contributed by atoms with Gasteiger partial charge in [-0.1, -0.05) is 19.6 Å². The van der Waals surface area contributed by atoms with Gasteiger partial charge in [-0.3, -0.25) is 4.79 Å². The molecule has 0 aromatic carbocycles. The third-order valence-electron chi connectivity index (χ3n) is 3.77. The Balaban J connectivity index is 2.65. The van der Waals surface area contributed by atoms with Crippen molar-refractivity contribution < 1.29 is 14.6 Å². The van der Waals surface area contributed by atoms with Crippen LogP contribution < -0.4 is 0 Å². The van der Waals surface area contributed by atoms with E-state index >= 15 is 0 Å². The van der Waals surface area contributed by atoms with E-state index in [0.717, 1.165) is 6.04 Å². The Morgan fingerprint density at radius 2 is 1.95 bits per heavy atom. The maximum Gasteiger partial charge on any atom is 0.230 e. The summed E-state index contributed by atoms with van der Waals surface area (Å²) in [7, 11) is -1.13. The normalized spacial score (nSPS) is 25.5. The summed E-state index contributed by atoms with van der Waals surface area (Å²) < 4.78 is 5.59. The lowest BCUT2D eigenvalue weighted by Crippen LogP contribution is -2.43. The molecular formula is C17H31NO3Si. The van der Waals surface area contributed by atoms with Gasteiger partial charge in [0.05, 0.1) is 14.0 Å². The number of carbonyl (C=O) groups is 1. The molecule has 0 aliphatic carbocycles. The van der Waals surface area contributed by atoms with Crippen molar-refractivity contribution in [1.29, 1.82) is 0 Å². The van der Waals surface area contributed by atoms with Crippen LogP contribution in [0.1, 0.15) is 33.6 Å². The summed E-state index contributed by atoms with van der Waals surface area (Å²) in [5, 5.41) is 10.4. The zero-order valence-corrected chi connectivity index (χ0v) is 15.8. The van der Waals surface area contributed by atoms with Crippen LogP contribution in [0.5, 0.6) is 0 Å². The smallest absolute Gasteiger partial charge is 0.230 e. The quantitative estimate of drug-likeness (QED) is 0.603. The van der Waals surface area contributed by atoms with Crippen LogP contribution in [0.15, 0.2) is 0 Å². The fraction of sp³-hybridized carbons (Fsp3) is 0.824. The van der Waals surface area contributed by atoms with Crippen LogP contribution in [0.3, 0.4) is 0 Å². The molecule has 1 amide bonds. The van der Waals surface area contributed by atoms with Gasteiger partial charge in [-0.2, -0.15) is 0 Å². The van der Waals surface area contributed by atoms with Gasteiger partial charge >= 0.3 is 0 Å². The molecule has 0 aromatic rings. The zero-order valence-electron chi connectivity index (χ0n) is 14.8. The first-order valence-electron chi connectivity index (χ1n) is 8.26. The third kappa shape index (κ3) is 5.11. The van der Waals surface area contributed by atoms with E-state index in [1.165, 1.54) is 0 Å². The van der Waals surface area contributed by atoms with Gasteiger partial charge in [0.25, 0.3) is 0 Å². The molecule has 3 atom stereocenters. The van der Waals surface area contributed by atoms with E-state index in [1.54, 1.807) is 4.90 Å². The summed E-state index contributed by atoms with van der Waals surface area (Å²) >= 11 is 0. The van der Waals surface area contributed by atoms with E-state index in [4.69, 9.17) is 4.74 Å². The molecule has 0 saturated carbocycles. The number of ether oxygens (including phenoxy) is 1. The Kier molecular flexibility index (Phi) is 7.11. The largest absolute Gasteiger partial charge is 0.388 e. The molecule has 126 valence electrons. The second-order valence-corrected chi connectivity index (χ2v) is 12.9. The molecule has 1 aliphatic rings. The van der Waals surface area contributed by atoms with E-state index in [9.17, 15) is 9.90 Å². The van der Waals surface area contributed by atoms with Gasteiger partial charge in [0.2, 0.25) is 5.91 Å². The Morgan fingerprint density at radius 1 is 1.32 bits per heavy atom. The van der Waals surface area contributed by atoms with Crippen molar-refractivity contribution in [2.75, 3.05) is 6.61 Å². The highest BCUT2D eigenvalue weighted by atomic mass is 28.3. The minimum Gasteiger partial charge on any atom is -0.388 e. The number of likely N-dealkylation sites (tertiary alicyclic amines) is 1. The van der Waals surface area contributed by atoms with Crippen LogP contribution in [-0.4, -0.2) is 49.0 Å². The predicted molar refractivity (Wildman–Crippen MR) is 92.1 cm³/mol. The first kappa shape index (κ1) is 19.2. The maximum atomic E-state index is 12.5. The van der Waals surface area contributed by atoms with Crippen molar-refractivity contribution in [2.24, 2.45) is 5.92 Å². The third-order valence-corrected chi connectivity index (χ3v) is 5.01. The zero-order chi connectivity index (χ0) is 16.9. The van der Waals surface area contributed by atoms with E-state index in [-0.39, 0.29) is 17.9 Å². The first-order valence-corrected chi connectivity index (χ1v) is 12.0. The second kappa shape index (κ2) is 8.14. The average molecular weight is 326 g/mol. The highest BCUT2D eigenvalue weighted by Crippen LogP contribution is 2.31. The summed E-state index contributed by atoms with van der Waals surface area (Å²) in [5.74, 6) is 5.99. The number of amides is 1. The van der Waals surface area contributed by atoms with E-state index in [0.29, 0.717) is 19.4 Å². The van der Waals surface area contributed by atoms with Crippen molar-refractivity contribution in [3.63, 3.8) is 0 Å². The fourth-order valence-corrected chi connectivity index (χ4v) is 3.32. The summed E-state index contributed by atoms with van der Waals surface area (Å²) in [5.41, 5.74) is 0. The number of hydrogen-bond acceptors (Lipinski definition) is 3. The Hall–Kier alpha value is -0.833. The van der Waals surface area contributed by atoms with Crippen LogP contribution in [0.25, 0.3) is 0 Å². The fourth-order valence-electron chi connectivity index (χ4n) is 2.66. The highest BCUT2D eigenvalue weighted by molar-refractivity contribution is 6.76. The van der Waals surface area contributed by atoms with Crippen molar-refractivity contribution in [1.82, 2.24) is 4.90 Å². The van der Waals surface area contributed by atoms with Gasteiger partial charge in [-0.05, 0) is 27.2 Å². The molecule has 1 heterocycles. The Labute approximate surface area is 136 Å². The van der Waals surface area contributed by atoms with Crippen LogP contribution in [0.2, 0.25) is 25.7 Å². The minimum absolute atomic E-state index is 0.00653. The predicted octanol–water partition coefficient (Wildman–Crippen LogP) is 2.70. The molecule has 0 bridgehead atoms. The number of carbonyl (C=O) groups excluding carboxylic acids is 1. The van der Waals surface area contributed by atoms with Gasteiger partial charge in [-0.25, -0.2) is 0 Å². The van der Waals surface area contributed by atoms with Crippen molar-refractivity contribution in [2.45, 2.75) is 77.7 Å². The van der Waals surface area contributed by atoms with Crippen LogP contribution in [0, 0.1) is 17.8 Å². The number of hydrogen-bond donors (Lipinski definition) is 1. The standard InChI is InChI=1S/C17H31NO3Si/c1-7-21-17-15(19)14(16(20)18(17)13(2)3)11-9-8-10-12-22(4,5)6/h13-15,17,19H,7,9,11-12H2,1-6H3/t14-,15-,17-/m0/s1. The second-order valence-electron chi connectivity index (χ2n) is 7.41. The van der Waals surface area contributed by atoms with E-state index in [2.05, 4.69) is 31.5 Å². The lowest BCUT2D eigenvalue weighted by molar-refractivity contribution is -0.143. The molecule has 1 rings (SSSR count). The highest BCUT2D eigenvalue weighted by Gasteiger charge is 2.48. The molecule has 0 spiro atoms. The van der Waals surface area contributed by atoms with Gasteiger partial charge < -0.3 is 14.7 Å². The Morgan fingerprint density at radius 3 is 2.45 bits per heavy atom. The molecule has 1 aliphatic heterocycles. The first-order chi connectivity index (χ1) is 10.2. The molecule has 0 radical (unpaired) electrons. The van der Waals surface area contributed by atoms with Gasteiger partial charge in [-0.15, -0.1) is 11.8 Å². The molecule has 0 unspecified atom stereocenters. The average Bonchev–Trinajstić information content (AvgIpc) is 2.61. The van der Waals surface area contributed by atoms with Crippen molar-refractivity contribution >= 4 is 14.0 Å². The molecule has 1 N–H and O–H groups in total. The topological polar surface area (TPSA) is 49.8 Å². The molecule has 1 fully saturated rings. The number of aliphatic hydroxyl groups excluding tert-OH is 1. The van der Waals surface area contributed by atoms with Crippen molar-refractivity contribution in [3.05, 3.63) is 0 Å². The van der Waals surface area contributed by atoms with Crippen LogP contribution >= 0.6 is 0 Å². The van der Waals surface area contributed by atoms with E-state index < -0.39 is 20.4 Å². The summed E-state index contributed by atoms with van der Waals surface area (Å²) in [6.45, 7) is 13.1. The lowest BCUT2D eigenvalue weighted by Gasteiger charge is -2.29. The minimum atomic E-state index is -1.13. The van der Waals surface area contributed by atoms with Crippen molar-refractivity contribution in [3.8, 4) is 11.8 Å². The van der Waals surface area contributed by atoms with Crippen LogP contribution in [0.4, 0.5) is 0 Å².